The van der Waals surface area contributed by atoms with Gasteiger partial charge in [-0.15, -0.1) is 0 Å². The maximum absolute atomic E-state index is 14.4. The number of unbranched alkanes of at least 4 members (excludes halogenated alkanes) is 2. The molecule has 16 nitrogen and oxygen atoms in total. The van der Waals surface area contributed by atoms with E-state index in [9.17, 15) is 38.7 Å². The Balaban J connectivity index is 1.67. The molecule has 64 heavy (non-hydrogen) atoms. The van der Waals surface area contributed by atoms with E-state index in [0.717, 1.165) is 16.9 Å². The summed E-state index contributed by atoms with van der Waals surface area (Å²) in [6, 6.07) is 6.49. The Morgan fingerprint density at radius 1 is 0.953 bits per heavy atom. The summed E-state index contributed by atoms with van der Waals surface area (Å²) in [7, 11) is 4.74. The number of nitrogens with zero attached hydrogens (tertiary/aromatic N) is 3. The SMILES string of the molecule is CCC(C)C(C(CC(=O)N1CCC[C@H]1C(OC)C(C)C(=S)NC(Cc1ccccc1)C(=O)O)OC)N(C)C(=O)C(NC(=O)C(C)(C)NC(=O)CCCCCN1C(=O)C=CC1=O)C(C)C. The number of likely N-dealkylation sites (N-methyl/N-ethyl adjacent to an activating group) is 1. The number of carbonyl (C=O) groups is 7. The Kier molecular flexibility index (Phi) is 21.0. The average molecular weight is 913 g/mol. The normalized spacial score (nSPS) is 18.5. The second kappa shape index (κ2) is 25.1. The first-order chi connectivity index (χ1) is 30.2. The fraction of sp³-hybridized carbons (Fsp3) is 0.660. The average Bonchev–Trinajstić information content (AvgIpc) is 3.87. The number of amides is 6. The zero-order valence-corrected chi connectivity index (χ0v) is 40.2. The molecule has 1 fully saturated rings. The van der Waals surface area contributed by atoms with Crippen LogP contribution in [0.3, 0.4) is 0 Å². The van der Waals surface area contributed by atoms with Crippen LogP contribution in [0.15, 0.2) is 42.5 Å². The number of aliphatic carboxylic acids is 1. The Hall–Kier alpha value is -4.74. The van der Waals surface area contributed by atoms with Gasteiger partial charge in [0, 0.05) is 65.3 Å². The van der Waals surface area contributed by atoms with Crippen LogP contribution >= 0.6 is 12.2 Å². The third kappa shape index (κ3) is 14.6. The smallest absolute Gasteiger partial charge is 0.326 e. The molecule has 2 aliphatic rings. The summed E-state index contributed by atoms with van der Waals surface area (Å²) < 4.78 is 12.0. The molecule has 1 aromatic carbocycles. The molecule has 356 valence electrons. The standard InChI is InChI=1S/C47H72N6O10S/c1-11-30(4)41(51(8)44(58)40(29(2)3)49-46(61)47(6,7)50-36(54)22-16-13-17-25-53-37(55)23-24-38(53)56)35(62-9)28-39(57)52-26-18-21-34(52)42(63-10)31(5)43(64)48-33(45(59)60)27-32-19-14-12-15-20-32/h12,14-15,19-20,23-24,29-31,33-35,40-42H,11,13,16-18,21-22,25-28H2,1-10H3,(H,48,64)(H,49,61)(H,50,54)(H,59,60)/t30?,31?,33?,34-,35?,40?,41?,42?/m0/s1. The largest absolute Gasteiger partial charge is 0.480 e. The Bertz CT molecular complexity index is 1810. The molecule has 7 unspecified atom stereocenters. The zero-order valence-electron chi connectivity index (χ0n) is 39.4. The van der Waals surface area contributed by atoms with E-state index in [1.54, 1.807) is 37.8 Å². The number of likely N-dealkylation sites (tertiary alicyclic amines) is 1. The van der Waals surface area contributed by atoms with E-state index in [1.807, 2.05) is 65.0 Å². The number of ether oxygens (including phenoxy) is 2. The highest BCUT2D eigenvalue weighted by atomic mass is 32.1. The second-order valence-electron chi connectivity index (χ2n) is 18.0. The molecular weight excluding hydrogens is 841 g/mol. The summed E-state index contributed by atoms with van der Waals surface area (Å²) in [6.45, 7) is 13.4. The zero-order chi connectivity index (χ0) is 47.9. The number of thiocarbonyl (C=S) groups is 1. The summed E-state index contributed by atoms with van der Waals surface area (Å²) in [6.07, 6.45) is 5.27. The van der Waals surface area contributed by atoms with Crippen molar-refractivity contribution in [2.75, 3.05) is 34.4 Å². The lowest BCUT2D eigenvalue weighted by atomic mass is 9.89. The third-order valence-electron chi connectivity index (χ3n) is 12.6. The monoisotopic (exact) mass is 913 g/mol. The molecule has 0 saturated carbocycles. The summed E-state index contributed by atoms with van der Waals surface area (Å²) in [5.41, 5.74) is -0.503. The number of carbonyl (C=O) groups excluding carboxylic acids is 6. The summed E-state index contributed by atoms with van der Waals surface area (Å²) >= 11 is 5.76. The molecule has 0 aromatic heterocycles. The van der Waals surface area contributed by atoms with Gasteiger partial charge in [-0.3, -0.25) is 33.7 Å². The molecule has 2 aliphatic heterocycles. The number of nitrogens with one attached hydrogen (secondary N) is 3. The van der Waals surface area contributed by atoms with E-state index in [2.05, 4.69) is 16.0 Å². The maximum Gasteiger partial charge on any atom is 0.326 e. The van der Waals surface area contributed by atoms with E-state index in [1.165, 1.54) is 19.3 Å². The van der Waals surface area contributed by atoms with Crippen molar-refractivity contribution < 1.29 is 48.1 Å². The number of hydrogen-bond donors (Lipinski definition) is 4. The van der Waals surface area contributed by atoms with E-state index < -0.39 is 53.7 Å². The van der Waals surface area contributed by atoms with Gasteiger partial charge < -0.3 is 40.3 Å². The molecule has 8 atom stereocenters. The lowest BCUT2D eigenvalue weighted by Gasteiger charge is -2.41. The van der Waals surface area contributed by atoms with Gasteiger partial charge in [0.1, 0.15) is 17.6 Å². The van der Waals surface area contributed by atoms with Crippen molar-refractivity contribution in [1.82, 2.24) is 30.7 Å². The van der Waals surface area contributed by atoms with Crippen LogP contribution in [0.25, 0.3) is 0 Å². The first kappa shape index (κ1) is 53.6. The van der Waals surface area contributed by atoms with Crippen molar-refractivity contribution >= 4 is 58.6 Å². The van der Waals surface area contributed by atoms with Crippen LogP contribution in [0, 0.1) is 17.8 Å². The number of rotatable bonds is 26. The van der Waals surface area contributed by atoms with E-state index in [-0.39, 0.29) is 73.2 Å². The summed E-state index contributed by atoms with van der Waals surface area (Å²) in [5.74, 6) is -4.02. The van der Waals surface area contributed by atoms with E-state index in [4.69, 9.17) is 21.7 Å². The molecule has 1 saturated heterocycles. The van der Waals surface area contributed by atoms with Crippen LogP contribution < -0.4 is 16.0 Å². The third-order valence-corrected chi connectivity index (χ3v) is 13.1. The van der Waals surface area contributed by atoms with Crippen molar-refractivity contribution in [1.29, 1.82) is 0 Å². The maximum atomic E-state index is 14.4. The lowest BCUT2D eigenvalue weighted by Crippen LogP contribution is -2.62. The lowest BCUT2D eigenvalue weighted by molar-refractivity contribution is -0.147. The van der Waals surface area contributed by atoms with Crippen LogP contribution in [0.1, 0.15) is 105 Å². The quantitative estimate of drug-likeness (QED) is 0.0591. The summed E-state index contributed by atoms with van der Waals surface area (Å²) in [4.78, 5) is 96.0. The highest BCUT2D eigenvalue weighted by molar-refractivity contribution is 7.80. The van der Waals surface area contributed by atoms with Crippen molar-refractivity contribution in [3.05, 3.63) is 48.0 Å². The fourth-order valence-corrected chi connectivity index (χ4v) is 8.84. The van der Waals surface area contributed by atoms with Gasteiger partial charge in [-0.1, -0.05) is 90.0 Å². The second-order valence-corrected chi connectivity index (χ2v) is 18.5. The Morgan fingerprint density at radius 3 is 2.16 bits per heavy atom. The van der Waals surface area contributed by atoms with Crippen LogP contribution in [-0.2, 0) is 49.5 Å². The number of carboxylic acids is 1. The highest BCUT2D eigenvalue weighted by Crippen LogP contribution is 2.30. The molecule has 1 aromatic rings. The molecule has 0 radical (unpaired) electrons. The molecule has 0 bridgehead atoms. The first-order valence-corrected chi connectivity index (χ1v) is 22.9. The fourth-order valence-electron chi connectivity index (χ4n) is 8.57. The van der Waals surface area contributed by atoms with Gasteiger partial charge in [0.05, 0.1) is 35.7 Å². The van der Waals surface area contributed by atoms with Crippen LogP contribution in [0.4, 0.5) is 0 Å². The van der Waals surface area contributed by atoms with Gasteiger partial charge in [-0.25, -0.2) is 4.79 Å². The predicted molar refractivity (Wildman–Crippen MR) is 247 cm³/mol. The van der Waals surface area contributed by atoms with Gasteiger partial charge in [-0.05, 0) is 56.9 Å². The molecule has 2 heterocycles. The van der Waals surface area contributed by atoms with Crippen LogP contribution in [-0.4, -0.2) is 142 Å². The molecule has 17 heteroatoms. The molecule has 6 amide bonds. The van der Waals surface area contributed by atoms with Crippen molar-refractivity contribution in [3.8, 4) is 0 Å². The summed E-state index contributed by atoms with van der Waals surface area (Å²) in [5, 5.41) is 18.7. The number of benzene rings is 1. The van der Waals surface area contributed by atoms with E-state index >= 15 is 0 Å². The van der Waals surface area contributed by atoms with Gasteiger partial charge >= 0.3 is 5.97 Å². The minimum Gasteiger partial charge on any atom is -0.480 e. The molecule has 0 spiro atoms. The van der Waals surface area contributed by atoms with Crippen molar-refractivity contribution in [2.24, 2.45) is 17.8 Å². The first-order valence-electron chi connectivity index (χ1n) is 22.5. The highest BCUT2D eigenvalue weighted by Gasteiger charge is 2.43. The Labute approximate surface area is 384 Å². The number of imide groups is 1. The Morgan fingerprint density at radius 2 is 1.59 bits per heavy atom. The molecule has 4 N–H and O–H groups in total. The van der Waals surface area contributed by atoms with Gasteiger partial charge in [-0.2, -0.15) is 0 Å². The number of methoxy groups -OCH3 is 2. The minimum atomic E-state index is -1.36. The number of carboxylic acid groups (broad SMARTS) is 1. The van der Waals surface area contributed by atoms with Crippen molar-refractivity contribution in [3.63, 3.8) is 0 Å². The topological polar surface area (TPSA) is 204 Å². The van der Waals surface area contributed by atoms with Gasteiger partial charge in [0.15, 0.2) is 0 Å². The molecular formula is C47H72N6O10S. The van der Waals surface area contributed by atoms with Gasteiger partial charge in [0.2, 0.25) is 23.6 Å². The number of hydrogen-bond acceptors (Lipinski definition) is 10. The molecule has 3 rings (SSSR count). The predicted octanol–water partition coefficient (Wildman–Crippen LogP) is 4.04. The minimum absolute atomic E-state index is 0.0330. The van der Waals surface area contributed by atoms with Crippen LogP contribution in [0.5, 0.6) is 0 Å². The van der Waals surface area contributed by atoms with Gasteiger partial charge in [0.25, 0.3) is 11.8 Å². The van der Waals surface area contributed by atoms with Crippen molar-refractivity contribution in [2.45, 2.75) is 148 Å². The molecule has 0 aliphatic carbocycles. The van der Waals surface area contributed by atoms with Crippen LogP contribution in [0.2, 0.25) is 0 Å². The van der Waals surface area contributed by atoms with E-state index in [0.29, 0.717) is 43.6 Å².